The number of rotatable bonds is 4. The predicted molar refractivity (Wildman–Crippen MR) is 65.6 cm³/mol. The molecule has 4 heteroatoms. The van der Waals surface area contributed by atoms with Crippen LogP contribution in [-0.2, 0) is 11.3 Å². The van der Waals surface area contributed by atoms with E-state index in [-0.39, 0.29) is 11.8 Å². The third-order valence-electron chi connectivity index (χ3n) is 3.84. The lowest BCUT2D eigenvalue weighted by atomic mass is 10.3. The Kier molecular flexibility index (Phi) is 2.45. The largest absolute Gasteiger partial charge is 0.310 e. The molecule has 2 atom stereocenters. The molecule has 0 bridgehead atoms. The van der Waals surface area contributed by atoms with E-state index >= 15 is 0 Å². The summed E-state index contributed by atoms with van der Waals surface area (Å²) in [6.07, 6.45) is 5.47. The Morgan fingerprint density at radius 3 is 2.88 bits per heavy atom. The summed E-state index contributed by atoms with van der Waals surface area (Å²) in [6, 6.07) is 0. The van der Waals surface area contributed by atoms with Crippen LogP contribution in [0, 0.1) is 24.7 Å². The number of hydrogen-bond acceptors (Lipinski definition) is 2. The lowest BCUT2D eigenvalue weighted by Crippen LogP contribution is -2.18. The summed E-state index contributed by atoms with van der Waals surface area (Å²) in [5.41, 5.74) is 1.06. The van der Waals surface area contributed by atoms with Crippen molar-refractivity contribution in [2.24, 2.45) is 17.8 Å². The van der Waals surface area contributed by atoms with Crippen molar-refractivity contribution in [3.8, 4) is 0 Å². The Bertz CT molecular complexity index is 448. The number of aromatic nitrogens is 2. The average Bonchev–Trinajstić information content (AvgIpc) is 3.17. The highest BCUT2D eigenvalue weighted by Gasteiger charge is 2.39. The lowest BCUT2D eigenvalue weighted by Gasteiger charge is -2.09. The van der Waals surface area contributed by atoms with Crippen molar-refractivity contribution in [3.63, 3.8) is 0 Å². The van der Waals surface area contributed by atoms with Gasteiger partial charge in [0.15, 0.2) is 0 Å². The molecule has 2 fully saturated rings. The molecule has 1 aromatic heterocycles. The molecule has 4 nitrogen and oxygen atoms in total. The summed E-state index contributed by atoms with van der Waals surface area (Å²) in [6.45, 7) is 5.07. The second-order valence-electron chi connectivity index (χ2n) is 5.61. The highest BCUT2D eigenvalue weighted by Crippen LogP contribution is 2.39. The molecule has 0 saturated heterocycles. The Balaban J connectivity index is 1.71. The topological polar surface area (TPSA) is 46.9 Å². The van der Waals surface area contributed by atoms with Gasteiger partial charge in [-0.15, -0.1) is 0 Å². The molecular weight excluding hydrogens is 214 g/mol. The maximum Gasteiger partial charge on any atom is 0.228 e. The fourth-order valence-corrected chi connectivity index (χ4v) is 2.22. The maximum atomic E-state index is 11.9. The Hall–Kier alpha value is -1.32. The number of anilines is 1. The van der Waals surface area contributed by atoms with Crippen molar-refractivity contribution in [1.82, 2.24) is 9.78 Å². The van der Waals surface area contributed by atoms with Crippen LogP contribution in [0.5, 0.6) is 0 Å². The smallest absolute Gasteiger partial charge is 0.228 e. The van der Waals surface area contributed by atoms with Gasteiger partial charge in [0.2, 0.25) is 5.91 Å². The van der Waals surface area contributed by atoms with E-state index < -0.39 is 0 Å². The minimum atomic E-state index is 0.165. The molecule has 2 saturated carbocycles. The number of aryl methyl sites for hydroxylation is 1. The molecule has 2 unspecified atom stereocenters. The van der Waals surface area contributed by atoms with Crippen LogP contribution in [0.15, 0.2) is 6.20 Å². The van der Waals surface area contributed by atoms with Crippen LogP contribution in [0.1, 0.15) is 31.7 Å². The van der Waals surface area contributed by atoms with Gasteiger partial charge in [-0.05, 0) is 38.0 Å². The molecule has 3 rings (SSSR count). The third-order valence-corrected chi connectivity index (χ3v) is 3.84. The summed E-state index contributed by atoms with van der Waals surface area (Å²) in [7, 11) is 0. The summed E-state index contributed by atoms with van der Waals surface area (Å²) in [5.74, 6) is 2.61. The summed E-state index contributed by atoms with van der Waals surface area (Å²) in [4.78, 5) is 11.9. The number of carbonyl (C=O) groups excluding carboxylic acids is 1. The Labute approximate surface area is 101 Å². The van der Waals surface area contributed by atoms with E-state index in [0.717, 1.165) is 30.3 Å². The van der Waals surface area contributed by atoms with Crippen LogP contribution in [0.2, 0.25) is 0 Å². The first-order valence-electron chi connectivity index (χ1n) is 6.48. The minimum Gasteiger partial charge on any atom is -0.310 e. The van der Waals surface area contributed by atoms with Crippen LogP contribution in [-0.4, -0.2) is 15.7 Å². The molecule has 92 valence electrons. The first kappa shape index (κ1) is 10.8. The summed E-state index contributed by atoms with van der Waals surface area (Å²) < 4.78 is 1.96. The van der Waals surface area contributed by atoms with Gasteiger partial charge in [-0.25, -0.2) is 4.68 Å². The number of hydrogen-bond donors (Lipinski definition) is 1. The van der Waals surface area contributed by atoms with Gasteiger partial charge < -0.3 is 5.32 Å². The SMILES string of the molecule is Cc1cnn(CC2CC2)c1NC(=O)C1CC1C. The molecule has 17 heavy (non-hydrogen) atoms. The zero-order valence-electron chi connectivity index (χ0n) is 10.4. The zero-order chi connectivity index (χ0) is 12.0. The molecule has 0 aromatic carbocycles. The quantitative estimate of drug-likeness (QED) is 0.866. The second-order valence-corrected chi connectivity index (χ2v) is 5.61. The van der Waals surface area contributed by atoms with Crippen LogP contribution in [0.4, 0.5) is 5.82 Å². The molecule has 0 aliphatic heterocycles. The van der Waals surface area contributed by atoms with Gasteiger partial charge in [0.25, 0.3) is 0 Å². The monoisotopic (exact) mass is 233 g/mol. The van der Waals surface area contributed by atoms with Crippen LogP contribution >= 0.6 is 0 Å². The molecule has 1 N–H and O–H groups in total. The molecule has 0 radical (unpaired) electrons. The van der Waals surface area contributed by atoms with E-state index in [9.17, 15) is 4.79 Å². The molecule has 2 aliphatic rings. The van der Waals surface area contributed by atoms with E-state index in [2.05, 4.69) is 17.3 Å². The first-order chi connectivity index (χ1) is 8.15. The fraction of sp³-hybridized carbons (Fsp3) is 0.692. The van der Waals surface area contributed by atoms with Gasteiger partial charge in [0.1, 0.15) is 5.82 Å². The van der Waals surface area contributed by atoms with Crippen molar-refractivity contribution in [1.29, 1.82) is 0 Å². The summed E-state index contributed by atoms with van der Waals surface area (Å²) >= 11 is 0. The van der Waals surface area contributed by atoms with E-state index in [1.165, 1.54) is 12.8 Å². The molecular formula is C13H19N3O. The Morgan fingerprint density at radius 1 is 1.59 bits per heavy atom. The zero-order valence-corrected chi connectivity index (χ0v) is 10.4. The van der Waals surface area contributed by atoms with Crippen molar-refractivity contribution in [2.75, 3.05) is 5.32 Å². The molecule has 1 amide bonds. The third kappa shape index (κ3) is 2.21. The second kappa shape index (κ2) is 3.86. The lowest BCUT2D eigenvalue weighted by molar-refractivity contribution is -0.117. The van der Waals surface area contributed by atoms with Gasteiger partial charge in [-0.2, -0.15) is 5.10 Å². The number of carbonyl (C=O) groups is 1. The van der Waals surface area contributed by atoms with E-state index in [1.807, 2.05) is 17.8 Å². The maximum absolute atomic E-state index is 11.9. The van der Waals surface area contributed by atoms with E-state index in [0.29, 0.717) is 5.92 Å². The van der Waals surface area contributed by atoms with Gasteiger partial charge in [0.05, 0.1) is 6.20 Å². The molecule has 0 spiro atoms. The van der Waals surface area contributed by atoms with Crippen LogP contribution in [0.25, 0.3) is 0 Å². The van der Waals surface area contributed by atoms with Crippen LogP contribution in [0.3, 0.4) is 0 Å². The van der Waals surface area contributed by atoms with Gasteiger partial charge in [-0.3, -0.25) is 4.79 Å². The standard InChI is InChI=1S/C13H19N3O/c1-8-5-11(8)13(17)15-12-9(2)6-14-16(12)7-10-3-4-10/h6,8,10-11H,3-5,7H2,1-2H3,(H,15,17). The fourth-order valence-electron chi connectivity index (χ4n) is 2.22. The van der Waals surface area contributed by atoms with Crippen LogP contribution < -0.4 is 5.32 Å². The van der Waals surface area contributed by atoms with Crippen molar-refractivity contribution in [3.05, 3.63) is 11.8 Å². The average molecular weight is 233 g/mol. The number of nitrogens with zero attached hydrogens (tertiary/aromatic N) is 2. The molecule has 2 aliphatic carbocycles. The molecule has 1 aromatic rings. The highest BCUT2D eigenvalue weighted by atomic mass is 16.2. The number of nitrogens with one attached hydrogen (secondary N) is 1. The van der Waals surface area contributed by atoms with Crippen molar-refractivity contribution in [2.45, 2.75) is 39.7 Å². The van der Waals surface area contributed by atoms with Gasteiger partial charge in [0, 0.05) is 18.0 Å². The van der Waals surface area contributed by atoms with E-state index in [4.69, 9.17) is 0 Å². The predicted octanol–water partition coefficient (Wildman–Crippen LogP) is 2.20. The Morgan fingerprint density at radius 2 is 2.29 bits per heavy atom. The van der Waals surface area contributed by atoms with Gasteiger partial charge >= 0.3 is 0 Å². The van der Waals surface area contributed by atoms with Crippen molar-refractivity contribution >= 4 is 11.7 Å². The minimum absolute atomic E-state index is 0.165. The van der Waals surface area contributed by atoms with E-state index in [1.54, 1.807) is 0 Å². The van der Waals surface area contributed by atoms with Gasteiger partial charge in [-0.1, -0.05) is 6.92 Å². The first-order valence-corrected chi connectivity index (χ1v) is 6.48. The summed E-state index contributed by atoms with van der Waals surface area (Å²) in [5, 5.41) is 7.40. The highest BCUT2D eigenvalue weighted by molar-refractivity contribution is 5.94. The molecule has 1 heterocycles. The van der Waals surface area contributed by atoms with Crippen molar-refractivity contribution < 1.29 is 4.79 Å². The normalized spacial score (nSPS) is 26.9. The number of amides is 1.